The van der Waals surface area contributed by atoms with Gasteiger partial charge in [0.2, 0.25) is 0 Å². The van der Waals surface area contributed by atoms with Crippen molar-refractivity contribution in [2.45, 2.75) is 26.3 Å². The molecule has 0 bridgehead atoms. The standard InChI is InChI=1S/C18H20N4O2/c1-13-5-4-8-21(11-13)17-9-16(23)20-18(24)22(17)12-15-7-3-2-6-14(15)10-19/h2-3,6-7,9,13H,4-5,8,11-12H2,1H3,(H,20,23,24). The van der Waals surface area contributed by atoms with Gasteiger partial charge in [-0.05, 0) is 30.4 Å². The van der Waals surface area contributed by atoms with Crippen molar-refractivity contribution in [3.05, 3.63) is 62.3 Å². The Balaban J connectivity index is 2.05. The van der Waals surface area contributed by atoms with Crippen molar-refractivity contribution in [1.29, 1.82) is 5.26 Å². The number of aromatic amines is 1. The van der Waals surface area contributed by atoms with Crippen molar-refractivity contribution in [2.24, 2.45) is 5.92 Å². The lowest BCUT2D eigenvalue weighted by Crippen LogP contribution is -2.41. The van der Waals surface area contributed by atoms with E-state index in [4.69, 9.17) is 0 Å². The van der Waals surface area contributed by atoms with Gasteiger partial charge in [0.25, 0.3) is 5.56 Å². The minimum Gasteiger partial charge on any atom is -0.357 e. The van der Waals surface area contributed by atoms with Crippen molar-refractivity contribution in [2.75, 3.05) is 18.0 Å². The molecule has 124 valence electrons. The zero-order valence-electron chi connectivity index (χ0n) is 13.7. The summed E-state index contributed by atoms with van der Waals surface area (Å²) in [6.07, 6.45) is 2.19. The normalized spacial score (nSPS) is 17.5. The average molecular weight is 324 g/mol. The second-order valence-electron chi connectivity index (χ2n) is 6.35. The van der Waals surface area contributed by atoms with Crippen molar-refractivity contribution in [1.82, 2.24) is 9.55 Å². The lowest BCUT2D eigenvalue weighted by Gasteiger charge is -2.33. The molecule has 0 amide bonds. The molecule has 24 heavy (non-hydrogen) atoms. The monoisotopic (exact) mass is 324 g/mol. The van der Waals surface area contributed by atoms with Crippen molar-refractivity contribution < 1.29 is 0 Å². The van der Waals surface area contributed by atoms with Crippen molar-refractivity contribution in [3.63, 3.8) is 0 Å². The van der Waals surface area contributed by atoms with Gasteiger partial charge in [-0.2, -0.15) is 5.26 Å². The number of H-pyrrole nitrogens is 1. The van der Waals surface area contributed by atoms with Crippen LogP contribution in [0.2, 0.25) is 0 Å². The molecular weight excluding hydrogens is 304 g/mol. The lowest BCUT2D eigenvalue weighted by molar-refractivity contribution is 0.439. The molecule has 2 heterocycles. The lowest BCUT2D eigenvalue weighted by atomic mass is 10.0. The molecule has 6 heteroatoms. The highest BCUT2D eigenvalue weighted by atomic mass is 16.2. The molecule has 1 aliphatic heterocycles. The predicted molar refractivity (Wildman–Crippen MR) is 92.2 cm³/mol. The van der Waals surface area contributed by atoms with Crippen LogP contribution in [0.5, 0.6) is 0 Å². The van der Waals surface area contributed by atoms with Crippen LogP contribution in [0, 0.1) is 17.2 Å². The molecule has 0 radical (unpaired) electrons. The van der Waals surface area contributed by atoms with E-state index in [1.54, 1.807) is 16.7 Å². The average Bonchev–Trinajstić information content (AvgIpc) is 2.57. The molecule has 1 unspecified atom stereocenters. The summed E-state index contributed by atoms with van der Waals surface area (Å²) in [6, 6.07) is 10.8. The third-order valence-electron chi connectivity index (χ3n) is 4.46. The van der Waals surface area contributed by atoms with Crippen LogP contribution in [0.4, 0.5) is 5.82 Å². The maximum atomic E-state index is 12.4. The van der Waals surface area contributed by atoms with E-state index >= 15 is 0 Å². The summed E-state index contributed by atoms with van der Waals surface area (Å²) in [5, 5.41) is 9.26. The Bertz CT molecular complexity index is 891. The zero-order valence-corrected chi connectivity index (χ0v) is 13.7. The minimum atomic E-state index is -0.441. The number of anilines is 1. The highest BCUT2D eigenvalue weighted by Gasteiger charge is 2.20. The molecule has 1 saturated heterocycles. The Morgan fingerprint density at radius 1 is 1.33 bits per heavy atom. The molecule has 1 aromatic heterocycles. The molecular formula is C18H20N4O2. The Morgan fingerprint density at radius 3 is 2.88 bits per heavy atom. The van der Waals surface area contributed by atoms with Crippen LogP contribution in [0.25, 0.3) is 0 Å². The molecule has 2 aromatic rings. The van der Waals surface area contributed by atoms with Crippen LogP contribution in [0.15, 0.2) is 39.9 Å². The number of hydrogen-bond donors (Lipinski definition) is 1. The molecule has 1 aliphatic rings. The summed E-state index contributed by atoms with van der Waals surface area (Å²) in [5.41, 5.74) is 0.468. The molecule has 0 saturated carbocycles. The van der Waals surface area contributed by atoms with Gasteiger partial charge in [-0.3, -0.25) is 14.3 Å². The van der Waals surface area contributed by atoms with Crippen LogP contribution in [-0.4, -0.2) is 22.6 Å². The highest BCUT2D eigenvalue weighted by Crippen LogP contribution is 2.22. The first-order valence-electron chi connectivity index (χ1n) is 8.15. The molecule has 0 aliphatic carbocycles. The minimum absolute atomic E-state index is 0.263. The topological polar surface area (TPSA) is 81.9 Å². The molecule has 1 aromatic carbocycles. The van der Waals surface area contributed by atoms with Gasteiger partial charge in [-0.1, -0.05) is 25.1 Å². The van der Waals surface area contributed by atoms with Gasteiger partial charge in [-0.25, -0.2) is 4.79 Å². The number of nitrogens with zero attached hydrogens (tertiary/aromatic N) is 3. The number of nitrogens with one attached hydrogen (secondary N) is 1. The molecule has 6 nitrogen and oxygen atoms in total. The van der Waals surface area contributed by atoms with Gasteiger partial charge in [-0.15, -0.1) is 0 Å². The Labute approximate surface area is 140 Å². The van der Waals surface area contributed by atoms with Crippen LogP contribution in [0.1, 0.15) is 30.9 Å². The Hall–Kier alpha value is -2.81. The second kappa shape index (κ2) is 6.75. The Kier molecular flexibility index (Phi) is 4.52. The van der Waals surface area contributed by atoms with E-state index in [-0.39, 0.29) is 6.54 Å². The van der Waals surface area contributed by atoms with E-state index in [9.17, 15) is 14.9 Å². The van der Waals surface area contributed by atoms with E-state index in [2.05, 4.69) is 22.9 Å². The quantitative estimate of drug-likeness (QED) is 0.931. The van der Waals surface area contributed by atoms with Crippen molar-refractivity contribution in [3.8, 4) is 6.07 Å². The van der Waals surface area contributed by atoms with Gasteiger partial charge >= 0.3 is 5.69 Å². The number of piperidine rings is 1. The highest BCUT2D eigenvalue weighted by molar-refractivity contribution is 5.42. The van der Waals surface area contributed by atoms with Gasteiger partial charge in [0, 0.05) is 19.2 Å². The Morgan fingerprint density at radius 2 is 2.12 bits per heavy atom. The van der Waals surface area contributed by atoms with Crippen LogP contribution < -0.4 is 16.1 Å². The molecule has 0 spiro atoms. The summed E-state index contributed by atoms with van der Waals surface area (Å²) >= 11 is 0. The summed E-state index contributed by atoms with van der Waals surface area (Å²) in [7, 11) is 0. The number of aromatic nitrogens is 2. The maximum absolute atomic E-state index is 12.4. The van der Waals surface area contributed by atoms with Gasteiger partial charge in [0.1, 0.15) is 5.82 Å². The number of nitriles is 1. The molecule has 3 rings (SSSR count). The van der Waals surface area contributed by atoms with Gasteiger partial charge < -0.3 is 4.90 Å². The number of rotatable bonds is 3. The van der Waals surface area contributed by atoms with E-state index in [1.165, 1.54) is 6.07 Å². The summed E-state index contributed by atoms with van der Waals surface area (Å²) < 4.78 is 1.55. The van der Waals surface area contributed by atoms with Crippen molar-refractivity contribution >= 4 is 5.82 Å². The summed E-state index contributed by atoms with van der Waals surface area (Å²) in [6.45, 7) is 4.09. The fraction of sp³-hybridized carbons (Fsp3) is 0.389. The third-order valence-corrected chi connectivity index (χ3v) is 4.46. The number of hydrogen-bond acceptors (Lipinski definition) is 4. The van der Waals surface area contributed by atoms with Crippen LogP contribution in [0.3, 0.4) is 0 Å². The zero-order chi connectivity index (χ0) is 17.1. The molecule has 1 atom stereocenters. The van der Waals surface area contributed by atoms with Crippen LogP contribution in [-0.2, 0) is 6.54 Å². The largest absolute Gasteiger partial charge is 0.357 e. The fourth-order valence-electron chi connectivity index (χ4n) is 3.26. The summed E-state index contributed by atoms with van der Waals surface area (Å²) in [5.74, 6) is 1.15. The van der Waals surface area contributed by atoms with Gasteiger partial charge in [0.05, 0.1) is 18.2 Å². The SMILES string of the molecule is CC1CCCN(c2cc(=O)[nH]c(=O)n2Cc2ccccc2C#N)C1. The van der Waals surface area contributed by atoms with E-state index in [0.717, 1.165) is 31.5 Å². The molecule has 1 N–H and O–H groups in total. The maximum Gasteiger partial charge on any atom is 0.330 e. The third kappa shape index (κ3) is 3.25. The predicted octanol–water partition coefficient (Wildman–Crippen LogP) is 1.69. The second-order valence-corrected chi connectivity index (χ2v) is 6.35. The van der Waals surface area contributed by atoms with Gasteiger partial charge in [0.15, 0.2) is 0 Å². The van der Waals surface area contributed by atoms with E-state index in [1.807, 2.05) is 12.1 Å². The first-order valence-corrected chi connectivity index (χ1v) is 8.15. The summed E-state index contributed by atoms with van der Waals surface area (Å²) in [4.78, 5) is 28.6. The van der Waals surface area contributed by atoms with E-state index < -0.39 is 11.2 Å². The van der Waals surface area contributed by atoms with E-state index in [0.29, 0.717) is 17.3 Å². The first kappa shape index (κ1) is 16.1. The smallest absolute Gasteiger partial charge is 0.330 e. The first-order chi connectivity index (χ1) is 11.6. The molecule has 1 fully saturated rings. The van der Waals surface area contributed by atoms with Crippen LogP contribution >= 0.6 is 0 Å². The number of benzene rings is 1. The fourth-order valence-corrected chi connectivity index (χ4v) is 3.26.